The van der Waals surface area contributed by atoms with E-state index in [1.165, 1.54) is 6.08 Å². The lowest BCUT2D eigenvalue weighted by Crippen LogP contribution is -2.48. The van der Waals surface area contributed by atoms with Crippen LogP contribution in [0.5, 0.6) is 0 Å². The van der Waals surface area contributed by atoms with Crippen molar-refractivity contribution in [3.8, 4) is 0 Å². The average Bonchev–Trinajstić information content (AvgIpc) is 2.65. The van der Waals surface area contributed by atoms with Crippen molar-refractivity contribution in [2.75, 3.05) is 13.1 Å². The number of ketones is 1. The SMILES string of the molecule is C=CC(=O)NCCCC[C@H](N)C(=O)N[C@@H](CCCCNC(=O)C(C)=O)C(=O)O. The molecule has 0 aliphatic rings. The van der Waals surface area contributed by atoms with Gasteiger partial charge in [-0.05, 0) is 44.6 Å². The first-order valence-corrected chi connectivity index (χ1v) is 9.16. The summed E-state index contributed by atoms with van der Waals surface area (Å²) in [5.74, 6) is -3.26. The van der Waals surface area contributed by atoms with Gasteiger partial charge in [-0.15, -0.1) is 0 Å². The zero-order valence-electron chi connectivity index (χ0n) is 16.2. The number of unbranched alkanes of at least 4 members (excludes halogenated alkanes) is 2. The Balaban J connectivity index is 4.12. The van der Waals surface area contributed by atoms with Crippen molar-refractivity contribution in [1.82, 2.24) is 16.0 Å². The zero-order valence-corrected chi connectivity index (χ0v) is 16.2. The van der Waals surface area contributed by atoms with Gasteiger partial charge in [0.1, 0.15) is 6.04 Å². The monoisotopic (exact) mass is 398 g/mol. The average molecular weight is 398 g/mol. The second-order valence-corrected chi connectivity index (χ2v) is 6.30. The molecule has 0 aromatic heterocycles. The minimum absolute atomic E-state index is 0.178. The van der Waals surface area contributed by atoms with E-state index in [9.17, 15) is 29.1 Å². The van der Waals surface area contributed by atoms with Crippen molar-refractivity contribution in [2.24, 2.45) is 5.73 Å². The molecule has 2 atom stereocenters. The van der Waals surface area contributed by atoms with E-state index in [-0.39, 0.29) is 18.9 Å². The summed E-state index contributed by atoms with van der Waals surface area (Å²) in [5.41, 5.74) is 5.78. The van der Waals surface area contributed by atoms with Gasteiger partial charge in [0.2, 0.25) is 17.6 Å². The summed E-state index contributed by atoms with van der Waals surface area (Å²) < 4.78 is 0. The van der Waals surface area contributed by atoms with Crippen LogP contribution in [0.4, 0.5) is 0 Å². The summed E-state index contributed by atoms with van der Waals surface area (Å²) in [6, 6.07) is -1.92. The third kappa shape index (κ3) is 11.8. The van der Waals surface area contributed by atoms with Crippen LogP contribution in [0.15, 0.2) is 12.7 Å². The molecule has 158 valence electrons. The first-order chi connectivity index (χ1) is 13.2. The maximum absolute atomic E-state index is 12.1. The molecule has 0 radical (unpaired) electrons. The van der Waals surface area contributed by atoms with E-state index in [0.717, 1.165) is 6.92 Å². The number of carboxylic acid groups (broad SMARTS) is 1. The highest BCUT2D eigenvalue weighted by molar-refractivity contribution is 6.35. The summed E-state index contributed by atoms with van der Waals surface area (Å²) >= 11 is 0. The van der Waals surface area contributed by atoms with Gasteiger partial charge in [-0.3, -0.25) is 19.2 Å². The predicted octanol–water partition coefficient (Wildman–Crippen LogP) is -0.769. The van der Waals surface area contributed by atoms with E-state index in [1.54, 1.807) is 0 Å². The van der Waals surface area contributed by atoms with Crippen molar-refractivity contribution >= 4 is 29.5 Å². The van der Waals surface area contributed by atoms with E-state index in [0.29, 0.717) is 38.6 Å². The number of Topliss-reactive ketones (excluding diaryl/α,β-unsaturated/α-hetero) is 1. The fourth-order valence-electron chi connectivity index (χ4n) is 2.24. The van der Waals surface area contributed by atoms with E-state index in [2.05, 4.69) is 22.5 Å². The van der Waals surface area contributed by atoms with Crippen LogP contribution in [0.2, 0.25) is 0 Å². The molecular weight excluding hydrogens is 368 g/mol. The second-order valence-electron chi connectivity index (χ2n) is 6.30. The van der Waals surface area contributed by atoms with E-state index >= 15 is 0 Å². The highest BCUT2D eigenvalue weighted by Gasteiger charge is 2.22. The molecule has 0 rings (SSSR count). The lowest BCUT2D eigenvalue weighted by molar-refractivity contribution is -0.142. The zero-order chi connectivity index (χ0) is 21.5. The molecule has 10 heteroatoms. The fraction of sp³-hybridized carbons (Fsp3) is 0.611. The maximum Gasteiger partial charge on any atom is 0.326 e. The van der Waals surface area contributed by atoms with Crippen molar-refractivity contribution < 1.29 is 29.1 Å². The van der Waals surface area contributed by atoms with Crippen LogP contribution in [0.25, 0.3) is 0 Å². The Morgan fingerprint density at radius 2 is 1.57 bits per heavy atom. The molecule has 0 heterocycles. The molecule has 0 fully saturated rings. The molecule has 0 spiro atoms. The molecule has 0 saturated carbocycles. The van der Waals surface area contributed by atoms with Gasteiger partial charge in [0.25, 0.3) is 5.91 Å². The molecular formula is C18H30N4O6. The first-order valence-electron chi connectivity index (χ1n) is 9.16. The number of carbonyl (C=O) groups excluding carboxylic acids is 4. The quantitative estimate of drug-likeness (QED) is 0.137. The van der Waals surface area contributed by atoms with Crippen LogP contribution in [0.1, 0.15) is 45.4 Å². The van der Waals surface area contributed by atoms with Gasteiger partial charge in [-0.25, -0.2) is 4.79 Å². The minimum Gasteiger partial charge on any atom is -0.480 e. The Morgan fingerprint density at radius 1 is 1.00 bits per heavy atom. The summed E-state index contributed by atoms with van der Waals surface area (Å²) in [4.78, 5) is 56.2. The number of aliphatic carboxylic acids is 1. The molecule has 6 N–H and O–H groups in total. The number of amides is 3. The Hall–Kier alpha value is -2.75. The van der Waals surface area contributed by atoms with E-state index < -0.39 is 35.7 Å². The number of carbonyl (C=O) groups is 5. The Kier molecular flexibility index (Phi) is 12.9. The van der Waals surface area contributed by atoms with Crippen molar-refractivity contribution in [2.45, 2.75) is 57.5 Å². The van der Waals surface area contributed by atoms with Gasteiger partial charge < -0.3 is 26.8 Å². The molecule has 0 aliphatic heterocycles. The topological polar surface area (TPSA) is 168 Å². The van der Waals surface area contributed by atoms with Gasteiger partial charge in [0.15, 0.2) is 0 Å². The standard InChI is InChI=1S/C18H30N4O6/c1-3-15(24)20-10-6-4-8-13(19)17(26)22-14(18(27)28)9-5-7-11-21-16(25)12(2)23/h3,13-14H,1,4-11,19H2,2H3,(H,20,24)(H,21,25)(H,22,26)(H,27,28)/t13-,14-/m0/s1. The Bertz CT molecular complexity index is 578. The van der Waals surface area contributed by atoms with Gasteiger partial charge in [-0.1, -0.05) is 6.58 Å². The molecule has 0 aliphatic carbocycles. The third-order valence-corrected chi connectivity index (χ3v) is 3.90. The number of nitrogens with two attached hydrogens (primary N) is 1. The van der Waals surface area contributed by atoms with Crippen molar-refractivity contribution in [3.05, 3.63) is 12.7 Å². The Labute approximate surface area is 164 Å². The molecule has 0 aromatic rings. The first kappa shape index (κ1) is 25.2. The lowest BCUT2D eigenvalue weighted by Gasteiger charge is -2.18. The summed E-state index contributed by atoms with van der Waals surface area (Å²) in [6.07, 6.45) is 3.85. The highest BCUT2D eigenvalue weighted by atomic mass is 16.4. The number of carboxylic acids is 1. The lowest BCUT2D eigenvalue weighted by atomic mass is 10.1. The smallest absolute Gasteiger partial charge is 0.326 e. The van der Waals surface area contributed by atoms with Gasteiger partial charge in [-0.2, -0.15) is 0 Å². The summed E-state index contributed by atoms with van der Waals surface area (Å²) in [6.45, 7) is 5.18. The van der Waals surface area contributed by atoms with E-state index in [1.807, 2.05) is 0 Å². The molecule has 0 unspecified atom stereocenters. The normalized spacial score (nSPS) is 12.4. The fourth-order valence-corrected chi connectivity index (χ4v) is 2.24. The van der Waals surface area contributed by atoms with Crippen LogP contribution in [-0.4, -0.2) is 59.8 Å². The summed E-state index contributed by atoms with van der Waals surface area (Å²) in [5, 5.41) is 16.7. The number of nitrogens with one attached hydrogen (secondary N) is 3. The van der Waals surface area contributed by atoms with Crippen LogP contribution >= 0.6 is 0 Å². The van der Waals surface area contributed by atoms with Gasteiger partial charge >= 0.3 is 5.97 Å². The largest absolute Gasteiger partial charge is 0.480 e. The second kappa shape index (κ2) is 14.3. The van der Waals surface area contributed by atoms with Gasteiger partial charge in [0, 0.05) is 20.0 Å². The minimum atomic E-state index is -1.17. The molecule has 3 amide bonds. The van der Waals surface area contributed by atoms with Gasteiger partial charge in [0.05, 0.1) is 6.04 Å². The maximum atomic E-state index is 12.1. The number of hydrogen-bond donors (Lipinski definition) is 5. The van der Waals surface area contributed by atoms with Crippen LogP contribution in [0.3, 0.4) is 0 Å². The molecule has 28 heavy (non-hydrogen) atoms. The Morgan fingerprint density at radius 3 is 2.11 bits per heavy atom. The van der Waals surface area contributed by atoms with Crippen LogP contribution in [0, 0.1) is 0 Å². The van der Waals surface area contributed by atoms with E-state index in [4.69, 9.17) is 5.73 Å². The molecule has 0 aromatic carbocycles. The number of hydrogen-bond acceptors (Lipinski definition) is 6. The molecule has 10 nitrogen and oxygen atoms in total. The third-order valence-electron chi connectivity index (χ3n) is 3.90. The predicted molar refractivity (Wildman–Crippen MR) is 102 cm³/mol. The molecule has 0 bridgehead atoms. The number of rotatable bonds is 15. The molecule has 0 saturated heterocycles. The van der Waals surface area contributed by atoms with Crippen molar-refractivity contribution in [1.29, 1.82) is 0 Å². The van der Waals surface area contributed by atoms with Crippen molar-refractivity contribution in [3.63, 3.8) is 0 Å². The summed E-state index contributed by atoms with van der Waals surface area (Å²) in [7, 11) is 0. The van der Waals surface area contributed by atoms with Crippen LogP contribution < -0.4 is 21.7 Å². The van der Waals surface area contributed by atoms with Crippen LogP contribution in [-0.2, 0) is 24.0 Å². The highest BCUT2D eigenvalue weighted by Crippen LogP contribution is 2.04.